The number of halogens is 1. The second-order valence-electron chi connectivity index (χ2n) is 2.93. The van der Waals surface area contributed by atoms with Gasteiger partial charge < -0.3 is 4.74 Å². The summed E-state index contributed by atoms with van der Waals surface area (Å²) in [7, 11) is 1.65. The fourth-order valence-corrected chi connectivity index (χ4v) is 1.65. The van der Waals surface area contributed by atoms with Gasteiger partial charge in [-0.15, -0.1) is 0 Å². The van der Waals surface area contributed by atoms with Crippen LogP contribution in [0.2, 0.25) is 0 Å². The zero-order valence-corrected chi connectivity index (χ0v) is 9.73. The molecule has 0 fully saturated rings. The maximum atomic E-state index is 5.26. The van der Waals surface area contributed by atoms with Gasteiger partial charge in [0.25, 0.3) is 0 Å². The Labute approximate surface area is 96.3 Å². The largest absolute Gasteiger partial charge is 0.496 e. The van der Waals surface area contributed by atoms with Crippen molar-refractivity contribution < 1.29 is 4.74 Å². The van der Waals surface area contributed by atoms with Gasteiger partial charge in [0, 0.05) is 5.56 Å². The lowest BCUT2D eigenvalue weighted by Gasteiger charge is -2.06. The monoisotopic (exact) mass is 264 g/mol. The maximum Gasteiger partial charge on any atom is 0.128 e. The summed E-state index contributed by atoms with van der Waals surface area (Å²) in [6.45, 7) is 0. The molecule has 0 aliphatic carbocycles. The van der Waals surface area contributed by atoms with Gasteiger partial charge in [0.1, 0.15) is 16.7 Å². The molecule has 4 heteroatoms. The number of hydrogen-bond acceptors (Lipinski definition) is 3. The molecule has 2 aromatic rings. The van der Waals surface area contributed by atoms with E-state index in [1.54, 1.807) is 7.11 Å². The summed E-state index contributed by atoms with van der Waals surface area (Å²) < 4.78 is 6.03. The Kier molecular flexibility index (Phi) is 2.97. The molecule has 0 bridgehead atoms. The SMILES string of the molecule is COc1ccccc1-c1cc(Br)ncn1. The first-order valence-corrected chi connectivity index (χ1v) is 5.21. The van der Waals surface area contributed by atoms with Gasteiger partial charge in [-0.2, -0.15) is 0 Å². The molecule has 15 heavy (non-hydrogen) atoms. The van der Waals surface area contributed by atoms with E-state index >= 15 is 0 Å². The summed E-state index contributed by atoms with van der Waals surface area (Å²) in [5.74, 6) is 0.808. The molecule has 0 amide bonds. The van der Waals surface area contributed by atoms with Crippen LogP contribution in [0.4, 0.5) is 0 Å². The topological polar surface area (TPSA) is 35.0 Å². The number of para-hydroxylation sites is 1. The summed E-state index contributed by atoms with van der Waals surface area (Å²) in [5.41, 5.74) is 1.80. The number of benzene rings is 1. The van der Waals surface area contributed by atoms with Crippen molar-refractivity contribution in [2.24, 2.45) is 0 Å². The number of aromatic nitrogens is 2. The molecule has 0 saturated heterocycles. The van der Waals surface area contributed by atoms with Crippen molar-refractivity contribution >= 4 is 15.9 Å². The molecular formula is C11H9BrN2O. The lowest BCUT2D eigenvalue weighted by molar-refractivity contribution is 0.416. The van der Waals surface area contributed by atoms with E-state index < -0.39 is 0 Å². The zero-order valence-electron chi connectivity index (χ0n) is 8.14. The molecule has 2 rings (SSSR count). The molecule has 0 spiro atoms. The molecule has 0 saturated carbocycles. The van der Waals surface area contributed by atoms with Crippen LogP contribution in [0.1, 0.15) is 0 Å². The summed E-state index contributed by atoms with van der Waals surface area (Å²) in [6, 6.07) is 9.61. The minimum Gasteiger partial charge on any atom is -0.496 e. The normalized spacial score (nSPS) is 10.0. The second kappa shape index (κ2) is 4.40. The smallest absolute Gasteiger partial charge is 0.128 e. The molecule has 0 N–H and O–H groups in total. The van der Waals surface area contributed by atoms with E-state index in [0.717, 1.165) is 21.6 Å². The van der Waals surface area contributed by atoms with Crippen molar-refractivity contribution in [2.75, 3.05) is 7.11 Å². The molecule has 1 aromatic carbocycles. The highest BCUT2D eigenvalue weighted by Gasteiger charge is 2.06. The van der Waals surface area contributed by atoms with Crippen molar-refractivity contribution in [1.82, 2.24) is 9.97 Å². The molecule has 76 valence electrons. The molecular weight excluding hydrogens is 256 g/mol. The Hall–Kier alpha value is -1.42. The van der Waals surface area contributed by atoms with Gasteiger partial charge in [-0.1, -0.05) is 12.1 Å². The van der Waals surface area contributed by atoms with Gasteiger partial charge >= 0.3 is 0 Å². The van der Waals surface area contributed by atoms with Crippen molar-refractivity contribution in [1.29, 1.82) is 0 Å². The highest BCUT2D eigenvalue weighted by molar-refractivity contribution is 9.10. The van der Waals surface area contributed by atoms with E-state index in [-0.39, 0.29) is 0 Å². The van der Waals surface area contributed by atoms with Crippen molar-refractivity contribution in [3.05, 3.63) is 41.3 Å². The van der Waals surface area contributed by atoms with E-state index in [0.29, 0.717) is 0 Å². The minimum absolute atomic E-state index is 0.762. The van der Waals surface area contributed by atoms with E-state index in [2.05, 4.69) is 25.9 Å². The van der Waals surface area contributed by atoms with Crippen LogP contribution >= 0.6 is 15.9 Å². The Morgan fingerprint density at radius 1 is 1.20 bits per heavy atom. The summed E-state index contributed by atoms with van der Waals surface area (Å²) >= 11 is 3.31. The van der Waals surface area contributed by atoms with Crippen molar-refractivity contribution in [3.8, 4) is 17.0 Å². The molecule has 3 nitrogen and oxygen atoms in total. The van der Waals surface area contributed by atoms with Crippen LogP contribution < -0.4 is 4.74 Å². The van der Waals surface area contributed by atoms with Crippen LogP contribution in [0.15, 0.2) is 41.3 Å². The quantitative estimate of drug-likeness (QED) is 0.783. The summed E-state index contributed by atoms with van der Waals surface area (Å²) in [5, 5.41) is 0. The molecule has 0 unspecified atom stereocenters. The molecule has 1 heterocycles. The predicted octanol–water partition coefficient (Wildman–Crippen LogP) is 2.91. The third-order valence-electron chi connectivity index (χ3n) is 2.02. The lowest BCUT2D eigenvalue weighted by atomic mass is 10.1. The van der Waals surface area contributed by atoms with E-state index in [1.807, 2.05) is 30.3 Å². The van der Waals surface area contributed by atoms with Crippen LogP contribution in [0, 0.1) is 0 Å². The first kappa shape index (κ1) is 10.1. The van der Waals surface area contributed by atoms with Crippen molar-refractivity contribution in [3.63, 3.8) is 0 Å². The summed E-state index contributed by atoms with van der Waals surface area (Å²) in [6.07, 6.45) is 1.52. The lowest BCUT2D eigenvalue weighted by Crippen LogP contribution is -1.90. The zero-order chi connectivity index (χ0) is 10.7. The average Bonchev–Trinajstić information content (AvgIpc) is 2.29. The molecule has 0 atom stereocenters. The highest BCUT2D eigenvalue weighted by atomic mass is 79.9. The third kappa shape index (κ3) is 2.15. The standard InChI is InChI=1S/C11H9BrN2O/c1-15-10-5-3-2-4-8(10)9-6-11(12)14-7-13-9/h2-7H,1H3. The Morgan fingerprint density at radius 2 is 2.00 bits per heavy atom. The number of ether oxygens (including phenoxy) is 1. The highest BCUT2D eigenvalue weighted by Crippen LogP contribution is 2.28. The molecule has 0 aliphatic rings. The number of hydrogen-bond donors (Lipinski definition) is 0. The van der Waals surface area contributed by atoms with Gasteiger partial charge in [-0.05, 0) is 34.1 Å². The Morgan fingerprint density at radius 3 is 2.73 bits per heavy atom. The van der Waals surface area contributed by atoms with Gasteiger partial charge in [0.15, 0.2) is 0 Å². The van der Waals surface area contributed by atoms with Crippen molar-refractivity contribution in [2.45, 2.75) is 0 Å². The van der Waals surface area contributed by atoms with E-state index in [9.17, 15) is 0 Å². The van der Waals surface area contributed by atoms with E-state index in [1.165, 1.54) is 6.33 Å². The average molecular weight is 265 g/mol. The van der Waals surface area contributed by atoms with E-state index in [4.69, 9.17) is 4.74 Å². The second-order valence-corrected chi connectivity index (χ2v) is 3.74. The number of methoxy groups -OCH3 is 1. The fourth-order valence-electron chi connectivity index (χ4n) is 1.34. The van der Waals surface area contributed by atoms with Gasteiger partial charge in [-0.25, -0.2) is 9.97 Å². The minimum atomic E-state index is 0.762. The maximum absolute atomic E-state index is 5.26. The van der Waals surface area contributed by atoms with Crippen LogP contribution in [-0.4, -0.2) is 17.1 Å². The van der Waals surface area contributed by atoms with Crippen LogP contribution in [-0.2, 0) is 0 Å². The molecule has 1 aromatic heterocycles. The molecule has 0 radical (unpaired) electrons. The van der Waals surface area contributed by atoms with Gasteiger partial charge in [0.05, 0.1) is 12.8 Å². The number of nitrogens with zero attached hydrogens (tertiary/aromatic N) is 2. The Bertz CT molecular complexity index is 474. The third-order valence-corrected chi connectivity index (χ3v) is 2.45. The van der Waals surface area contributed by atoms with Gasteiger partial charge in [0.2, 0.25) is 0 Å². The number of rotatable bonds is 2. The first-order chi connectivity index (χ1) is 7.31. The summed E-state index contributed by atoms with van der Waals surface area (Å²) in [4.78, 5) is 8.18. The van der Waals surface area contributed by atoms with Gasteiger partial charge in [-0.3, -0.25) is 0 Å². The first-order valence-electron chi connectivity index (χ1n) is 4.42. The Balaban J connectivity index is 2.53. The fraction of sp³-hybridized carbons (Fsp3) is 0.0909. The van der Waals surface area contributed by atoms with Crippen LogP contribution in [0.5, 0.6) is 5.75 Å². The van der Waals surface area contributed by atoms with Crippen LogP contribution in [0.25, 0.3) is 11.3 Å². The predicted molar refractivity (Wildman–Crippen MR) is 61.7 cm³/mol. The molecule has 0 aliphatic heterocycles. The van der Waals surface area contributed by atoms with Crippen LogP contribution in [0.3, 0.4) is 0 Å².